The zero-order chi connectivity index (χ0) is 21.9. The minimum Gasteiger partial charge on any atom is -0.351 e. The summed E-state index contributed by atoms with van der Waals surface area (Å²) in [6.07, 6.45) is 7.89. The number of hydrogen-bond donors (Lipinski definition) is 2. The summed E-state index contributed by atoms with van der Waals surface area (Å²) < 4.78 is 1.84. The topological polar surface area (TPSA) is 95.4 Å². The Morgan fingerprint density at radius 3 is 2.81 bits per heavy atom. The number of carbonyl (C=O) groups excluding carboxylic acids is 2. The summed E-state index contributed by atoms with van der Waals surface area (Å²) in [4.78, 5) is 32.2. The number of fused-ring (bicyclic) bond motifs is 1. The number of H-pyrrole nitrogens is 1. The van der Waals surface area contributed by atoms with E-state index in [4.69, 9.17) is 0 Å². The first kappa shape index (κ1) is 20.0. The molecule has 0 aliphatic carbocycles. The number of hydrogen-bond acceptors (Lipinski definition) is 4. The van der Waals surface area contributed by atoms with Gasteiger partial charge in [-0.25, -0.2) is 4.98 Å². The normalized spacial score (nSPS) is 18.6. The SMILES string of the molecule is O=C(Cc1ccn[nH]1)N[C@@H]1CN(C(=O)c2cccn3cncc23)CC[C@H]1c1ccccc1. The second kappa shape index (κ2) is 8.66. The Bertz CT molecular complexity index is 1220. The largest absolute Gasteiger partial charge is 0.351 e. The molecule has 0 saturated carbocycles. The van der Waals surface area contributed by atoms with Crippen LogP contribution in [-0.2, 0) is 11.2 Å². The van der Waals surface area contributed by atoms with Gasteiger partial charge in [-0.1, -0.05) is 30.3 Å². The van der Waals surface area contributed by atoms with Gasteiger partial charge in [0.15, 0.2) is 0 Å². The molecule has 2 N–H and O–H groups in total. The van der Waals surface area contributed by atoms with Crippen molar-refractivity contribution in [2.45, 2.75) is 24.8 Å². The molecule has 162 valence electrons. The van der Waals surface area contributed by atoms with E-state index in [0.717, 1.165) is 17.6 Å². The number of amides is 2. The molecule has 0 radical (unpaired) electrons. The van der Waals surface area contributed by atoms with Crippen molar-refractivity contribution in [2.75, 3.05) is 13.1 Å². The van der Waals surface area contributed by atoms with Crippen LogP contribution in [0.1, 0.15) is 34.0 Å². The first-order valence-corrected chi connectivity index (χ1v) is 10.7. The Morgan fingerprint density at radius 2 is 2.00 bits per heavy atom. The van der Waals surface area contributed by atoms with Gasteiger partial charge in [-0.3, -0.25) is 14.7 Å². The van der Waals surface area contributed by atoms with E-state index < -0.39 is 0 Å². The Hall–Kier alpha value is -3.94. The highest BCUT2D eigenvalue weighted by Gasteiger charge is 2.34. The number of aromatic nitrogens is 4. The van der Waals surface area contributed by atoms with Crippen LogP contribution < -0.4 is 5.32 Å². The maximum absolute atomic E-state index is 13.4. The lowest BCUT2D eigenvalue weighted by molar-refractivity contribution is -0.121. The van der Waals surface area contributed by atoms with Gasteiger partial charge in [0, 0.05) is 37.1 Å². The number of imidazole rings is 1. The molecule has 32 heavy (non-hydrogen) atoms. The van der Waals surface area contributed by atoms with Crippen molar-refractivity contribution in [2.24, 2.45) is 0 Å². The summed E-state index contributed by atoms with van der Waals surface area (Å²) in [5.41, 5.74) is 3.33. The van der Waals surface area contributed by atoms with Gasteiger partial charge in [-0.2, -0.15) is 5.10 Å². The molecular weight excluding hydrogens is 404 g/mol. The maximum Gasteiger partial charge on any atom is 0.256 e. The van der Waals surface area contributed by atoms with Gasteiger partial charge in [0.25, 0.3) is 5.91 Å². The van der Waals surface area contributed by atoms with Gasteiger partial charge < -0.3 is 14.6 Å². The number of nitrogens with zero attached hydrogens (tertiary/aromatic N) is 4. The number of nitrogens with one attached hydrogen (secondary N) is 2. The quantitative estimate of drug-likeness (QED) is 0.510. The van der Waals surface area contributed by atoms with Crippen LogP contribution in [0.3, 0.4) is 0 Å². The van der Waals surface area contributed by atoms with Gasteiger partial charge in [-0.05, 0) is 30.2 Å². The molecule has 2 atom stereocenters. The summed E-state index contributed by atoms with van der Waals surface area (Å²) in [5, 5.41) is 9.91. The molecule has 3 aromatic heterocycles. The summed E-state index contributed by atoms with van der Waals surface area (Å²) in [5.74, 6) is -0.000439. The van der Waals surface area contributed by atoms with E-state index in [1.54, 1.807) is 24.8 Å². The zero-order valence-electron chi connectivity index (χ0n) is 17.5. The van der Waals surface area contributed by atoms with Crippen molar-refractivity contribution in [1.82, 2.24) is 29.8 Å². The van der Waals surface area contributed by atoms with Crippen LogP contribution in [0.5, 0.6) is 0 Å². The Kier molecular flexibility index (Phi) is 5.41. The van der Waals surface area contributed by atoms with Crippen LogP contribution in [-0.4, -0.2) is 55.4 Å². The number of piperidine rings is 1. The fourth-order valence-electron chi connectivity index (χ4n) is 4.50. The molecule has 0 spiro atoms. The van der Waals surface area contributed by atoms with Crippen LogP contribution in [0.25, 0.3) is 5.52 Å². The molecule has 4 heterocycles. The van der Waals surface area contributed by atoms with Crippen molar-refractivity contribution < 1.29 is 9.59 Å². The van der Waals surface area contributed by atoms with E-state index in [0.29, 0.717) is 18.7 Å². The molecule has 0 bridgehead atoms. The molecule has 1 saturated heterocycles. The highest BCUT2D eigenvalue weighted by Crippen LogP contribution is 2.29. The Labute approximate surface area is 185 Å². The third-order valence-electron chi connectivity index (χ3n) is 6.07. The predicted molar refractivity (Wildman–Crippen MR) is 119 cm³/mol. The molecule has 8 nitrogen and oxygen atoms in total. The fraction of sp³-hybridized carbons (Fsp3) is 0.250. The number of benzene rings is 1. The first-order chi connectivity index (χ1) is 15.7. The molecule has 2 amide bonds. The Balaban J connectivity index is 1.38. The molecular formula is C24H24N6O2. The molecule has 1 aromatic carbocycles. The minimum absolute atomic E-state index is 0.0459. The molecule has 0 unspecified atom stereocenters. The molecule has 5 rings (SSSR count). The number of pyridine rings is 1. The monoisotopic (exact) mass is 428 g/mol. The van der Waals surface area contributed by atoms with Crippen molar-refractivity contribution in [3.8, 4) is 0 Å². The van der Waals surface area contributed by atoms with Gasteiger partial charge in [0.1, 0.15) is 0 Å². The summed E-state index contributed by atoms with van der Waals surface area (Å²) in [6.45, 7) is 1.07. The van der Waals surface area contributed by atoms with Crippen LogP contribution in [0.4, 0.5) is 0 Å². The zero-order valence-corrected chi connectivity index (χ0v) is 17.5. The van der Waals surface area contributed by atoms with Gasteiger partial charge in [-0.15, -0.1) is 0 Å². The van der Waals surface area contributed by atoms with Crippen LogP contribution >= 0.6 is 0 Å². The summed E-state index contributed by atoms with van der Waals surface area (Å²) in [7, 11) is 0. The standard InChI is InChI=1S/C24H24N6O2/c31-23(13-18-8-10-26-28-18)27-21-15-29(12-9-19(21)17-5-2-1-3-6-17)24(32)20-7-4-11-30-16-25-14-22(20)30/h1-8,10-11,14,16,19,21H,9,12-13,15H2,(H,26,28)(H,27,31)/t19-,21+/m0/s1. The van der Waals surface area contributed by atoms with E-state index in [2.05, 4.69) is 32.6 Å². The lowest BCUT2D eigenvalue weighted by Gasteiger charge is -2.39. The van der Waals surface area contributed by atoms with Gasteiger partial charge in [0.05, 0.1) is 36.1 Å². The van der Waals surface area contributed by atoms with E-state index >= 15 is 0 Å². The second-order valence-electron chi connectivity index (χ2n) is 8.10. The van der Waals surface area contributed by atoms with Gasteiger partial charge in [0.2, 0.25) is 5.91 Å². The number of rotatable bonds is 5. The minimum atomic E-state index is -0.185. The molecule has 1 aliphatic heterocycles. The van der Waals surface area contributed by atoms with Crippen molar-refractivity contribution >= 4 is 17.3 Å². The summed E-state index contributed by atoms with van der Waals surface area (Å²) in [6, 6.07) is 15.5. The number of carbonyl (C=O) groups is 2. The van der Waals surface area contributed by atoms with Crippen molar-refractivity contribution in [3.63, 3.8) is 0 Å². The maximum atomic E-state index is 13.4. The molecule has 4 aromatic rings. The lowest BCUT2D eigenvalue weighted by atomic mass is 9.85. The summed E-state index contributed by atoms with van der Waals surface area (Å²) >= 11 is 0. The van der Waals surface area contributed by atoms with Crippen molar-refractivity contribution in [1.29, 1.82) is 0 Å². The average molecular weight is 428 g/mol. The lowest BCUT2D eigenvalue weighted by Crippen LogP contribution is -2.53. The van der Waals surface area contributed by atoms with E-state index in [-0.39, 0.29) is 30.2 Å². The van der Waals surface area contributed by atoms with Crippen molar-refractivity contribution in [3.05, 3.63) is 90.3 Å². The average Bonchev–Trinajstić information content (AvgIpc) is 3.51. The predicted octanol–water partition coefficient (Wildman–Crippen LogP) is 2.41. The van der Waals surface area contributed by atoms with Crippen LogP contribution in [0, 0.1) is 0 Å². The third kappa shape index (κ3) is 3.99. The fourth-order valence-corrected chi connectivity index (χ4v) is 4.50. The smallest absolute Gasteiger partial charge is 0.256 e. The second-order valence-corrected chi connectivity index (χ2v) is 8.10. The number of aromatic amines is 1. The highest BCUT2D eigenvalue weighted by molar-refractivity contribution is 6.00. The van der Waals surface area contributed by atoms with E-state index in [9.17, 15) is 9.59 Å². The van der Waals surface area contributed by atoms with E-state index in [1.165, 1.54) is 5.56 Å². The molecule has 1 fully saturated rings. The first-order valence-electron chi connectivity index (χ1n) is 10.7. The Morgan fingerprint density at radius 1 is 1.12 bits per heavy atom. The number of likely N-dealkylation sites (tertiary alicyclic amines) is 1. The van der Waals surface area contributed by atoms with Crippen LogP contribution in [0.2, 0.25) is 0 Å². The molecule has 8 heteroatoms. The van der Waals surface area contributed by atoms with E-state index in [1.807, 2.05) is 45.8 Å². The van der Waals surface area contributed by atoms with Crippen LogP contribution in [0.15, 0.2) is 73.4 Å². The highest BCUT2D eigenvalue weighted by atomic mass is 16.2. The van der Waals surface area contributed by atoms with Gasteiger partial charge >= 0.3 is 0 Å². The molecule has 1 aliphatic rings. The third-order valence-corrected chi connectivity index (χ3v) is 6.07.